The normalized spacial score (nSPS) is 22.5. The monoisotopic (exact) mass is 1130 g/mol. The number of amides is 8. The summed E-state index contributed by atoms with van der Waals surface area (Å²) in [7, 11) is 0. The zero-order valence-corrected chi connectivity index (χ0v) is 47.2. The SMILES string of the molecule is CC(C)C[C@H]1NC(=O)[C@H](Cc2c[nH]c3ccccc23)NC(=O)[C@@H](CCCCN)NC(=O)[C@H](CO)NC(=O)[C@@H](CCCCN)NC(=O)[C@H](Cc2c[nH]c3ccccc23)NC(=O)[C@@H](CC(C)C)NC(=O)[C@H](Cc2c[nH]c3ccccc23)NC1=O. The number of unbranched alkanes of at least 4 members (excludes halogenated alkanes) is 2. The van der Waals surface area contributed by atoms with Crippen LogP contribution in [0.1, 0.15) is 95.8 Å². The Kier molecular flexibility index (Phi) is 22.2. The maximum Gasteiger partial charge on any atom is 0.245 e. The summed E-state index contributed by atoms with van der Waals surface area (Å²) in [6.07, 6.45) is 6.94. The lowest BCUT2D eigenvalue weighted by Crippen LogP contribution is -2.62. The molecule has 3 aromatic heterocycles. The Morgan fingerprint density at radius 3 is 0.963 bits per heavy atom. The van der Waals surface area contributed by atoms with E-state index in [0.717, 1.165) is 32.7 Å². The molecule has 7 rings (SSSR count). The number of nitrogens with one attached hydrogen (secondary N) is 11. The molecule has 1 aliphatic heterocycles. The Bertz CT molecular complexity index is 3080. The minimum atomic E-state index is -1.63. The van der Waals surface area contributed by atoms with Crippen molar-refractivity contribution in [3.05, 3.63) is 108 Å². The number of para-hydroxylation sites is 3. The lowest BCUT2D eigenvalue weighted by molar-refractivity contribution is -0.137. The van der Waals surface area contributed by atoms with Gasteiger partial charge in [-0.15, -0.1) is 0 Å². The van der Waals surface area contributed by atoms with Crippen molar-refractivity contribution in [2.24, 2.45) is 23.3 Å². The molecule has 0 aliphatic carbocycles. The summed E-state index contributed by atoms with van der Waals surface area (Å²) in [5, 5.41) is 35.5. The average Bonchev–Trinajstić information content (AvgIpc) is 4.41. The minimum absolute atomic E-state index is 0.0416. The number of H-pyrrole nitrogens is 3. The second-order valence-corrected chi connectivity index (χ2v) is 22.2. The quantitative estimate of drug-likeness (QED) is 0.0522. The molecule has 0 bridgehead atoms. The predicted molar refractivity (Wildman–Crippen MR) is 313 cm³/mol. The largest absolute Gasteiger partial charge is 0.394 e. The van der Waals surface area contributed by atoms with Crippen LogP contribution < -0.4 is 54.0 Å². The number of fused-ring (bicyclic) bond motifs is 3. The Hall–Kier alpha value is -8.08. The van der Waals surface area contributed by atoms with Crippen LogP contribution in [0.5, 0.6) is 0 Å². The molecule has 440 valence electrons. The summed E-state index contributed by atoms with van der Waals surface area (Å²) < 4.78 is 0. The fraction of sp³-hybridized carbons (Fsp3) is 0.467. The van der Waals surface area contributed by atoms with Gasteiger partial charge >= 0.3 is 0 Å². The second-order valence-electron chi connectivity index (χ2n) is 22.2. The number of aliphatic hydroxyl groups is 1. The first-order valence-electron chi connectivity index (χ1n) is 28.6. The predicted octanol–water partition coefficient (Wildman–Crippen LogP) is 2.39. The van der Waals surface area contributed by atoms with Gasteiger partial charge in [0.05, 0.1) is 6.61 Å². The van der Waals surface area contributed by atoms with Gasteiger partial charge in [-0.2, -0.15) is 0 Å². The van der Waals surface area contributed by atoms with Gasteiger partial charge < -0.3 is 74.1 Å². The zero-order chi connectivity index (χ0) is 58.9. The molecule has 1 saturated heterocycles. The van der Waals surface area contributed by atoms with Crippen LogP contribution >= 0.6 is 0 Å². The lowest BCUT2D eigenvalue weighted by Gasteiger charge is -2.29. The van der Waals surface area contributed by atoms with E-state index in [1.54, 1.807) is 18.6 Å². The second kappa shape index (κ2) is 29.6. The lowest BCUT2D eigenvalue weighted by atomic mass is 9.98. The van der Waals surface area contributed by atoms with E-state index in [0.29, 0.717) is 42.4 Å². The molecular weight excluding hydrogens is 1050 g/mol. The van der Waals surface area contributed by atoms with E-state index in [1.165, 1.54) is 0 Å². The fourth-order valence-electron chi connectivity index (χ4n) is 10.5. The van der Waals surface area contributed by atoms with Crippen molar-refractivity contribution < 1.29 is 43.5 Å². The number of nitrogens with two attached hydrogens (primary N) is 2. The highest BCUT2D eigenvalue weighted by Crippen LogP contribution is 2.23. The van der Waals surface area contributed by atoms with Gasteiger partial charge in [0.25, 0.3) is 0 Å². The van der Waals surface area contributed by atoms with Gasteiger partial charge in [0.15, 0.2) is 0 Å². The van der Waals surface area contributed by atoms with Crippen LogP contribution in [-0.2, 0) is 57.6 Å². The van der Waals surface area contributed by atoms with Gasteiger partial charge in [-0.25, -0.2) is 0 Å². The van der Waals surface area contributed by atoms with Gasteiger partial charge in [0, 0.05) is 70.6 Å². The molecule has 22 heteroatoms. The van der Waals surface area contributed by atoms with Crippen molar-refractivity contribution in [2.45, 2.75) is 147 Å². The molecular formula is C60H81N13O9. The van der Waals surface area contributed by atoms with Crippen molar-refractivity contribution in [2.75, 3.05) is 19.7 Å². The Balaban J connectivity index is 1.31. The number of aliphatic hydroxyl groups excluding tert-OH is 1. The van der Waals surface area contributed by atoms with Gasteiger partial charge in [-0.1, -0.05) is 82.3 Å². The van der Waals surface area contributed by atoms with Crippen LogP contribution in [0.2, 0.25) is 0 Å². The van der Waals surface area contributed by atoms with Crippen molar-refractivity contribution in [1.29, 1.82) is 0 Å². The third kappa shape index (κ3) is 16.5. The van der Waals surface area contributed by atoms with Gasteiger partial charge in [-0.3, -0.25) is 38.4 Å². The number of carbonyl (C=O) groups excluding carboxylic acids is 8. The summed E-state index contributed by atoms with van der Waals surface area (Å²) in [5.41, 5.74) is 16.0. The standard InChI is InChI=1S/C60H81N13O9/c1-34(2)25-47-55(77)71-49(27-36-30-63-42-18-8-5-15-39(36)42)57(79)66-46(22-12-14-24-62)54(76)73-52(33-74)60(82)67-45(21-11-13-23-61)53(75)70-50(28-37-31-64-43-19-9-6-16-40(37)43)58(80)68-48(26-35(3)4)56(78)72-51(59(81)69-47)29-38-32-65-44-20-10-7-17-41(38)44/h5-10,15-20,30-32,34-35,45-52,63-65,74H,11-14,21-29,33,61-62H2,1-4H3,(H,66,79)(H,67,82)(H,68,80)(H,69,81)(H,70,75)(H,71,77)(H,72,78)(H,73,76)/t45-,46-,47-,48-,49+,50+,51+,52+/m1/s1. The summed E-state index contributed by atoms with van der Waals surface area (Å²) in [6, 6.07) is 11.5. The smallest absolute Gasteiger partial charge is 0.245 e. The minimum Gasteiger partial charge on any atom is -0.394 e. The molecule has 4 heterocycles. The third-order valence-electron chi connectivity index (χ3n) is 14.9. The number of hydrogen-bond donors (Lipinski definition) is 14. The van der Waals surface area contributed by atoms with Crippen LogP contribution in [0, 0.1) is 11.8 Å². The molecule has 0 spiro atoms. The maximum absolute atomic E-state index is 15.0. The zero-order valence-electron chi connectivity index (χ0n) is 47.2. The van der Waals surface area contributed by atoms with Crippen molar-refractivity contribution in [3.63, 3.8) is 0 Å². The number of benzene rings is 3. The van der Waals surface area contributed by atoms with E-state index < -0.39 is 102 Å². The van der Waals surface area contributed by atoms with E-state index in [2.05, 4.69) is 57.5 Å². The van der Waals surface area contributed by atoms with Gasteiger partial charge in [-0.05, 0) is 111 Å². The van der Waals surface area contributed by atoms with Crippen molar-refractivity contribution in [3.8, 4) is 0 Å². The Morgan fingerprint density at radius 2 is 0.646 bits per heavy atom. The molecule has 8 atom stereocenters. The Labute approximate surface area is 477 Å². The molecule has 16 N–H and O–H groups in total. The molecule has 22 nitrogen and oxygen atoms in total. The molecule has 3 aromatic carbocycles. The van der Waals surface area contributed by atoms with E-state index in [-0.39, 0.29) is 69.9 Å². The molecule has 0 saturated carbocycles. The highest BCUT2D eigenvalue weighted by atomic mass is 16.3. The van der Waals surface area contributed by atoms with Crippen molar-refractivity contribution >= 4 is 80.0 Å². The van der Waals surface area contributed by atoms with Crippen LogP contribution in [0.15, 0.2) is 91.4 Å². The van der Waals surface area contributed by atoms with E-state index in [9.17, 15) is 38.7 Å². The van der Waals surface area contributed by atoms with Gasteiger partial charge in [0.1, 0.15) is 48.3 Å². The summed E-state index contributed by atoms with van der Waals surface area (Å²) in [6.45, 7) is 7.11. The fourth-order valence-corrected chi connectivity index (χ4v) is 10.5. The highest BCUT2D eigenvalue weighted by molar-refractivity contribution is 6.00. The van der Waals surface area contributed by atoms with E-state index in [4.69, 9.17) is 11.5 Å². The van der Waals surface area contributed by atoms with E-state index >= 15 is 4.79 Å². The average molecular weight is 1130 g/mol. The third-order valence-corrected chi connectivity index (χ3v) is 14.9. The van der Waals surface area contributed by atoms with Gasteiger partial charge in [0.2, 0.25) is 47.3 Å². The van der Waals surface area contributed by atoms with Crippen LogP contribution in [0.25, 0.3) is 32.7 Å². The van der Waals surface area contributed by atoms with Crippen LogP contribution in [0.4, 0.5) is 0 Å². The van der Waals surface area contributed by atoms with E-state index in [1.807, 2.05) is 100 Å². The number of aromatic amines is 3. The first-order chi connectivity index (χ1) is 39.5. The first kappa shape index (κ1) is 61.5. The molecule has 0 radical (unpaired) electrons. The molecule has 82 heavy (non-hydrogen) atoms. The summed E-state index contributed by atoms with van der Waals surface area (Å²) in [4.78, 5) is 128. The molecule has 1 fully saturated rings. The Morgan fingerprint density at radius 1 is 0.378 bits per heavy atom. The maximum atomic E-state index is 15.0. The molecule has 0 unspecified atom stereocenters. The molecule has 1 aliphatic rings. The summed E-state index contributed by atoms with van der Waals surface area (Å²) in [5.74, 6) is -6.54. The highest BCUT2D eigenvalue weighted by Gasteiger charge is 2.37. The first-order valence-corrected chi connectivity index (χ1v) is 28.6. The molecule has 6 aromatic rings. The summed E-state index contributed by atoms with van der Waals surface area (Å²) >= 11 is 0. The topological polar surface area (TPSA) is 352 Å². The van der Waals surface area contributed by atoms with Crippen LogP contribution in [0.3, 0.4) is 0 Å². The molecule has 8 amide bonds. The number of carbonyl (C=O) groups is 8. The number of rotatable bonds is 19. The van der Waals surface area contributed by atoms with Crippen LogP contribution in [-0.4, -0.2) is 135 Å². The number of hydrogen-bond acceptors (Lipinski definition) is 11. The number of aromatic nitrogens is 3. The van der Waals surface area contributed by atoms with Crippen molar-refractivity contribution in [1.82, 2.24) is 57.5 Å².